The Morgan fingerprint density at radius 2 is 2.46 bits per heavy atom. The highest BCUT2D eigenvalue weighted by atomic mass is 32.1. The topological polar surface area (TPSA) is 65.9 Å². The molecule has 4 nitrogen and oxygen atoms in total. The van der Waals surface area contributed by atoms with E-state index in [1.54, 1.807) is 0 Å². The van der Waals surface area contributed by atoms with Gasteiger partial charge < -0.3 is 9.72 Å². The van der Waals surface area contributed by atoms with Crippen molar-refractivity contribution in [1.82, 2.24) is 4.98 Å². The van der Waals surface area contributed by atoms with Gasteiger partial charge in [0.05, 0.1) is 12.7 Å². The molecule has 0 radical (unpaired) electrons. The highest BCUT2D eigenvalue weighted by Gasteiger charge is 2.13. The number of nitrogens with one attached hydrogen (secondary N) is 1. The fraction of sp³-hybridized carbons (Fsp3) is 0.125. The van der Waals surface area contributed by atoms with Crippen molar-refractivity contribution in [2.75, 3.05) is 7.11 Å². The first-order valence-electron chi connectivity index (χ1n) is 3.40. The Kier molecular flexibility index (Phi) is 2.77. The molecule has 0 aliphatic rings. The second-order valence-corrected chi connectivity index (χ2v) is 2.61. The zero-order chi connectivity index (χ0) is 9.84. The van der Waals surface area contributed by atoms with Gasteiger partial charge in [0.1, 0.15) is 16.3 Å². The molecule has 0 aliphatic carbocycles. The van der Waals surface area contributed by atoms with Crippen LogP contribution >= 0.6 is 12.2 Å². The van der Waals surface area contributed by atoms with E-state index >= 15 is 0 Å². The van der Waals surface area contributed by atoms with Gasteiger partial charge in [0, 0.05) is 6.20 Å². The van der Waals surface area contributed by atoms with E-state index in [0.717, 1.165) is 0 Å². The number of esters is 1. The molecule has 13 heavy (non-hydrogen) atoms. The van der Waals surface area contributed by atoms with E-state index in [1.807, 2.05) is 6.07 Å². The zero-order valence-corrected chi connectivity index (χ0v) is 7.64. The van der Waals surface area contributed by atoms with Gasteiger partial charge in [0.15, 0.2) is 0 Å². The van der Waals surface area contributed by atoms with Crippen LogP contribution in [-0.2, 0) is 4.74 Å². The SMILES string of the molecule is COC(=O)c1c(C#N)cc[nH]c1=S. The van der Waals surface area contributed by atoms with Crippen molar-refractivity contribution in [3.05, 3.63) is 28.0 Å². The minimum absolute atomic E-state index is 0.113. The van der Waals surface area contributed by atoms with Crippen LogP contribution in [0.2, 0.25) is 0 Å². The standard InChI is InChI=1S/C8H6N2O2S/c1-12-8(11)6-5(4-9)2-3-10-7(6)13/h2-3H,1H3,(H,10,13). The molecule has 0 atom stereocenters. The molecule has 0 spiro atoms. The Morgan fingerprint density at radius 3 is 3.00 bits per heavy atom. The number of hydrogen-bond donors (Lipinski definition) is 1. The van der Waals surface area contributed by atoms with Crippen LogP contribution in [0.25, 0.3) is 0 Å². The number of aromatic amines is 1. The summed E-state index contributed by atoms with van der Waals surface area (Å²) in [6.45, 7) is 0. The summed E-state index contributed by atoms with van der Waals surface area (Å²) in [7, 11) is 1.24. The highest BCUT2D eigenvalue weighted by Crippen LogP contribution is 2.08. The first-order valence-corrected chi connectivity index (χ1v) is 3.81. The number of carbonyl (C=O) groups excluding carboxylic acids is 1. The number of carbonyl (C=O) groups is 1. The van der Waals surface area contributed by atoms with Crippen molar-refractivity contribution in [3.63, 3.8) is 0 Å². The summed E-state index contributed by atoms with van der Waals surface area (Å²) in [6.07, 6.45) is 1.51. The lowest BCUT2D eigenvalue weighted by Gasteiger charge is -2.00. The minimum Gasteiger partial charge on any atom is -0.465 e. The maximum atomic E-state index is 11.2. The lowest BCUT2D eigenvalue weighted by molar-refractivity contribution is 0.0599. The molecule has 1 N–H and O–H groups in total. The van der Waals surface area contributed by atoms with Gasteiger partial charge in [-0.05, 0) is 6.07 Å². The van der Waals surface area contributed by atoms with Gasteiger partial charge in [-0.3, -0.25) is 0 Å². The summed E-state index contributed by atoms with van der Waals surface area (Å²) >= 11 is 4.84. The van der Waals surface area contributed by atoms with E-state index in [4.69, 9.17) is 17.5 Å². The molecule has 0 fully saturated rings. The quantitative estimate of drug-likeness (QED) is 0.542. The average Bonchev–Trinajstić information content (AvgIpc) is 2.16. The van der Waals surface area contributed by atoms with Gasteiger partial charge in [0.2, 0.25) is 0 Å². The molecule has 5 heteroatoms. The van der Waals surface area contributed by atoms with Gasteiger partial charge in [0.25, 0.3) is 0 Å². The summed E-state index contributed by atoms with van der Waals surface area (Å²) in [5, 5.41) is 8.67. The Balaban J connectivity index is 3.42. The molecule has 0 bridgehead atoms. The molecule has 0 saturated heterocycles. The lowest BCUT2D eigenvalue weighted by Crippen LogP contribution is -2.05. The van der Waals surface area contributed by atoms with E-state index < -0.39 is 5.97 Å². The average molecular weight is 194 g/mol. The van der Waals surface area contributed by atoms with Crippen molar-refractivity contribution < 1.29 is 9.53 Å². The Bertz CT molecular complexity index is 431. The maximum absolute atomic E-state index is 11.2. The van der Waals surface area contributed by atoms with Crippen LogP contribution in [0.5, 0.6) is 0 Å². The van der Waals surface area contributed by atoms with Crippen molar-refractivity contribution in [2.24, 2.45) is 0 Å². The summed E-state index contributed by atoms with van der Waals surface area (Å²) < 4.78 is 4.70. The number of aromatic nitrogens is 1. The fourth-order valence-corrected chi connectivity index (χ4v) is 1.14. The Morgan fingerprint density at radius 1 is 1.77 bits per heavy atom. The van der Waals surface area contributed by atoms with E-state index in [1.165, 1.54) is 19.4 Å². The predicted octanol–water partition coefficient (Wildman–Crippen LogP) is 1.40. The van der Waals surface area contributed by atoms with Crippen LogP contribution in [0.3, 0.4) is 0 Å². The molecule has 0 unspecified atom stereocenters. The normalized spacial score (nSPS) is 8.92. The first kappa shape index (κ1) is 9.42. The van der Waals surface area contributed by atoms with E-state index in [2.05, 4.69) is 9.72 Å². The molecular formula is C8H6N2O2S. The molecule has 1 heterocycles. The maximum Gasteiger partial charge on any atom is 0.342 e. The van der Waals surface area contributed by atoms with Gasteiger partial charge in [-0.15, -0.1) is 0 Å². The van der Waals surface area contributed by atoms with Gasteiger partial charge in [-0.25, -0.2) is 4.79 Å². The van der Waals surface area contributed by atoms with E-state index in [0.29, 0.717) is 0 Å². The monoisotopic (exact) mass is 194 g/mol. The molecule has 0 saturated carbocycles. The number of rotatable bonds is 1. The van der Waals surface area contributed by atoms with Crippen molar-refractivity contribution in [1.29, 1.82) is 5.26 Å². The van der Waals surface area contributed by atoms with Crippen LogP contribution < -0.4 is 0 Å². The lowest BCUT2D eigenvalue weighted by atomic mass is 10.1. The molecule has 1 aromatic heterocycles. The van der Waals surface area contributed by atoms with E-state index in [9.17, 15) is 4.79 Å². The van der Waals surface area contributed by atoms with Crippen molar-refractivity contribution in [2.45, 2.75) is 0 Å². The van der Waals surface area contributed by atoms with Gasteiger partial charge in [-0.1, -0.05) is 12.2 Å². The van der Waals surface area contributed by atoms with Crippen LogP contribution in [0.15, 0.2) is 12.3 Å². The number of hydrogen-bond acceptors (Lipinski definition) is 4. The number of pyridine rings is 1. The zero-order valence-electron chi connectivity index (χ0n) is 6.83. The third-order valence-electron chi connectivity index (χ3n) is 1.47. The van der Waals surface area contributed by atoms with Gasteiger partial charge >= 0.3 is 5.97 Å². The summed E-state index contributed by atoms with van der Waals surface area (Å²) in [5.74, 6) is -0.599. The van der Waals surface area contributed by atoms with E-state index in [-0.39, 0.29) is 15.8 Å². The molecule has 66 valence electrons. The van der Waals surface area contributed by atoms with Crippen molar-refractivity contribution >= 4 is 18.2 Å². The third kappa shape index (κ3) is 1.73. The fourth-order valence-electron chi connectivity index (χ4n) is 0.876. The molecule has 1 rings (SSSR count). The molecule has 0 amide bonds. The first-order chi connectivity index (χ1) is 6.20. The van der Waals surface area contributed by atoms with Crippen LogP contribution in [0.4, 0.5) is 0 Å². The van der Waals surface area contributed by atoms with Crippen LogP contribution in [-0.4, -0.2) is 18.1 Å². The minimum atomic E-state index is -0.599. The number of ether oxygens (including phenoxy) is 1. The molecular weight excluding hydrogens is 188 g/mol. The summed E-state index contributed by atoms with van der Waals surface area (Å²) in [5.41, 5.74) is 0.332. The number of methoxy groups -OCH3 is 1. The molecule has 0 aromatic carbocycles. The number of nitrogens with zero attached hydrogens (tertiary/aromatic N) is 1. The van der Waals surface area contributed by atoms with Crippen LogP contribution in [0, 0.1) is 16.0 Å². The second-order valence-electron chi connectivity index (χ2n) is 2.20. The molecule has 0 aliphatic heterocycles. The number of H-pyrrole nitrogens is 1. The van der Waals surface area contributed by atoms with Gasteiger partial charge in [-0.2, -0.15) is 5.26 Å². The van der Waals surface area contributed by atoms with Crippen molar-refractivity contribution in [3.8, 4) is 6.07 Å². The molecule has 1 aromatic rings. The summed E-state index contributed by atoms with van der Waals surface area (Å²) in [4.78, 5) is 13.8. The Labute approximate surface area is 79.8 Å². The highest BCUT2D eigenvalue weighted by molar-refractivity contribution is 7.71. The predicted molar refractivity (Wildman–Crippen MR) is 47.7 cm³/mol. The summed E-state index contributed by atoms with van der Waals surface area (Å²) in [6, 6.07) is 3.34. The largest absolute Gasteiger partial charge is 0.465 e. The Hall–Kier alpha value is -1.67. The third-order valence-corrected chi connectivity index (χ3v) is 1.79. The second kappa shape index (κ2) is 3.83. The number of nitriles is 1. The van der Waals surface area contributed by atoms with Crippen LogP contribution in [0.1, 0.15) is 15.9 Å². The smallest absolute Gasteiger partial charge is 0.342 e.